The van der Waals surface area contributed by atoms with Crippen LogP contribution in [0.25, 0.3) is 11.4 Å². The number of aromatic nitrogens is 4. The number of anilines is 1. The molecule has 0 radical (unpaired) electrons. The lowest BCUT2D eigenvalue weighted by molar-refractivity contribution is -0.115. The molecule has 1 atom stereocenters. The Morgan fingerprint density at radius 2 is 1.88 bits per heavy atom. The van der Waals surface area contributed by atoms with Crippen LogP contribution >= 0.6 is 11.8 Å². The van der Waals surface area contributed by atoms with Crippen LogP contribution < -0.4 is 5.32 Å². The van der Waals surface area contributed by atoms with Gasteiger partial charge >= 0.3 is 0 Å². The topological polar surface area (TPSA) is 72.7 Å². The van der Waals surface area contributed by atoms with Crippen LogP contribution in [-0.4, -0.2) is 30.9 Å². The smallest absolute Gasteiger partial charge is 0.237 e. The van der Waals surface area contributed by atoms with Crippen LogP contribution in [0.15, 0.2) is 47.9 Å². The first-order chi connectivity index (χ1) is 12.5. The van der Waals surface area contributed by atoms with E-state index in [1.807, 2.05) is 62.7 Å². The van der Waals surface area contributed by atoms with Gasteiger partial charge < -0.3 is 9.88 Å². The molecule has 3 aromatic rings. The van der Waals surface area contributed by atoms with Crippen molar-refractivity contribution in [3.8, 4) is 11.4 Å². The molecule has 0 aliphatic rings. The van der Waals surface area contributed by atoms with Crippen molar-refractivity contribution in [1.29, 1.82) is 0 Å². The Kier molecular flexibility index (Phi) is 5.37. The molecule has 0 saturated carbocycles. The highest BCUT2D eigenvalue weighted by Crippen LogP contribution is 2.26. The Morgan fingerprint density at radius 1 is 1.15 bits per heavy atom. The zero-order valence-corrected chi connectivity index (χ0v) is 16.0. The second-order valence-electron chi connectivity index (χ2n) is 6.17. The van der Waals surface area contributed by atoms with Gasteiger partial charge in [0.05, 0.1) is 5.25 Å². The third-order valence-electron chi connectivity index (χ3n) is 4.08. The van der Waals surface area contributed by atoms with Gasteiger partial charge in [-0.25, -0.2) is 0 Å². The van der Waals surface area contributed by atoms with E-state index in [-0.39, 0.29) is 11.2 Å². The van der Waals surface area contributed by atoms with Crippen molar-refractivity contribution in [3.63, 3.8) is 0 Å². The third kappa shape index (κ3) is 3.94. The molecular formula is C19H21N5OS. The number of nitrogens with zero attached hydrogens (tertiary/aromatic N) is 4. The molecule has 2 aromatic heterocycles. The van der Waals surface area contributed by atoms with Gasteiger partial charge in [-0.3, -0.25) is 9.78 Å². The minimum atomic E-state index is -0.303. The summed E-state index contributed by atoms with van der Waals surface area (Å²) in [7, 11) is 1.90. The lowest BCUT2D eigenvalue weighted by atomic mass is 10.1. The van der Waals surface area contributed by atoms with Gasteiger partial charge in [0.25, 0.3) is 0 Å². The van der Waals surface area contributed by atoms with Crippen LogP contribution in [0.1, 0.15) is 18.1 Å². The van der Waals surface area contributed by atoms with Crippen molar-refractivity contribution in [1.82, 2.24) is 19.7 Å². The summed E-state index contributed by atoms with van der Waals surface area (Å²) in [6, 6.07) is 9.79. The molecule has 1 aromatic carbocycles. The van der Waals surface area contributed by atoms with E-state index in [1.165, 1.54) is 11.8 Å². The number of hydrogen-bond donors (Lipinski definition) is 1. The lowest BCUT2D eigenvalue weighted by Crippen LogP contribution is -2.23. The van der Waals surface area contributed by atoms with Gasteiger partial charge in [-0.15, -0.1) is 10.2 Å². The SMILES string of the molecule is Cc1ccc(C)c(NC(=O)[C@H](C)Sc2nnc(-c3ccncc3)n2C)c1. The monoisotopic (exact) mass is 367 g/mol. The normalized spacial score (nSPS) is 12.0. The summed E-state index contributed by atoms with van der Waals surface area (Å²) < 4.78 is 1.89. The van der Waals surface area contributed by atoms with Crippen molar-refractivity contribution in [2.24, 2.45) is 7.05 Å². The second kappa shape index (κ2) is 7.70. The van der Waals surface area contributed by atoms with E-state index >= 15 is 0 Å². The predicted molar refractivity (Wildman–Crippen MR) is 104 cm³/mol. The van der Waals surface area contributed by atoms with Crippen molar-refractivity contribution in [2.45, 2.75) is 31.2 Å². The van der Waals surface area contributed by atoms with Crippen LogP contribution in [0.4, 0.5) is 5.69 Å². The summed E-state index contributed by atoms with van der Waals surface area (Å²) in [6.45, 7) is 5.86. The maximum atomic E-state index is 12.6. The van der Waals surface area contributed by atoms with Crippen LogP contribution in [0.3, 0.4) is 0 Å². The van der Waals surface area contributed by atoms with Crippen molar-refractivity contribution in [3.05, 3.63) is 53.9 Å². The predicted octanol–water partition coefficient (Wildman–Crippen LogP) is 3.61. The number of benzene rings is 1. The zero-order valence-electron chi connectivity index (χ0n) is 15.2. The summed E-state index contributed by atoms with van der Waals surface area (Å²) in [4.78, 5) is 16.6. The Balaban J connectivity index is 1.72. The Labute approximate surface area is 157 Å². The highest BCUT2D eigenvalue weighted by atomic mass is 32.2. The number of carbonyl (C=O) groups is 1. The summed E-state index contributed by atoms with van der Waals surface area (Å²) in [5, 5.41) is 11.9. The number of carbonyl (C=O) groups excluding carboxylic acids is 1. The number of nitrogens with one attached hydrogen (secondary N) is 1. The summed E-state index contributed by atoms with van der Waals surface area (Å²) in [5.41, 5.74) is 3.94. The molecule has 0 unspecified atom stereocenters. The van der Waals surface area contributed by atoms with E-state index in [4.69, 9.17) is 0 Å². The molecule has 134 valence electrons. The third-order valence-corrected chi connectivity index (χ3v) is 5.21. The molecule has 0 spiro atoms. The van der Waals surface area contributed by atoms with E-state index in [0.29, 0.717) is 5.16 Å². The van der Waals surface area contributed by atoms with Gasteiger partial charge in [-0.05, 0) is 50.1 Å². The first-order valence-corrected chi connectivity index (χ1v) is 9.18. The summed E-state index contributed by atoms with van der Waals surface area (Å²) in [5.74, 6) is 0.689. The van der Waals surface area contributed by atoms with Gasteiger partial charge in [0.15, 0.2) is 11.0 Å². The number of hydrogen-bond acceptors (Lipinski definition) is 5. The molecule has 6 nitrogen and oxygen atoms in total. The largest absolute Gasteiger partial charge is 0.325 e. The average Bonchev–Trinajstić information content (AvgIpc) is 2.99. The standard InChI is InChI=1S/C19H21N5OS/c1-12-5-6-13(2)16(11-12)21-18(25)14(3)26-19-23-22-17(24(19)4)15-7-9-20-10-8-15/h5-11,14H,1-4H3,(H,21,25)/t14-/m0/s1. The minimum absolute atomic E-state index is 0.0582. The van der Waals surface area contributed by atoms with Gasteiger partial charge in [0, 0.05) is 30.7 Å². The maximum Gasteiger partial charge on any atom is 0.237 e. The molecule has 0 fully saturated rings. The zero-order chi connectivity index (χ0) is 18.7. The maximum absolute atomic E-state index is 12.6. The van der Waals surface area contributed by atoms with Gasteiger partial charge in [0.2, 0.25) is 5.91 Å². The fourth-order valence-corrected chi connectivity index (χ4v) is 3.30. The van der Waals surface area contributed by atoms with Crippen molar-refractivity contribution in [2.75, 3.05) is 5.32 Å². The quantitative estimate of drug-likeness (QED) is 0.698. The highest BCUT2D eigenvalue weighted by molar-refractivity contribution is 8.00. The molecule has 0 aliphatic heterocycles. The molecule has 0 aliphatic carbocycles. The molecule has 0 saturated heterocycles. The van der Waals surface area contributed by atoms with E-state index < -0.39 is 0 Å². The first-order valence-electron chi connectivity index (χ1n) is 8.30. The second-order valence-corrected chi connectivity index (χ2v) is 7.48. The fraction of sp³-hybridized carbons (Fsp3) is 0.263. The van der Waals surface area contributed by atoms with Crippen LogP contribution in [-0.2, 0) is 11.8 Å². The number of aryl methyl sites for hydroxylation is 2. The fourth-order valence-electron chi connectivity index (χ4n) is 2.49. The van der Waals surface area contributed by atoms with E-state index in [9.17, 15) is 4.79 Å². The van der Waals surface area contributed by atoms with Gasteiger partial charge in [-0.1, -0.05) is 23.9 Å². The minimum Gasteiger partial charge on any atom is -0.325 e. The molecule has 1 amide bonds. The molecule has 26 heavy (non-hydrogen) atoms. The number of thioether (sulfide) groups is 1. The molecule has 1 N–H and O–H groups in total. The first kappa shape index (κ1) is 18.1. The van der Waals surface area contributed by atoms with Crippen LogP contribution in [0.5, 0.6) is 0 Å². The molecule has 2 heterocycles. The Bertz CT molecular complexity index is 923. The Hall–Kier alpha value is -2.67. The molecule has 0 bridgehead atoms. The summed E-state index contributed by atoms with van der Waals surface area (Å²) >= 11 is 1.38. The number of rotatable bonds is 5. The van der Waals surface area contributed by atoms with E-state index in [2.05, 4.69) is 20.5 Å². The highest BCUT2D eigenvalue weighted by Gasteiger charge is 2.20. The molecule has 7 heteroatoms. The average molecular weight is 367 g/mol. The van der Waals surface area contributed by atoms with Crippen LogP contribution in [0.2, 0.25) is 0 Å². The number of pyridine rings is 1. The number of amides is 1. The van der Waals surface area contributed by atoms with E-state index in [0.717, 1.165) is 28.2 Å². The molecular weight excluding hydrogens is 346 g/mol. The van der Waals surface area contributed by atoms with Crippen molar-refractivity contribution < 1.29 is 4.79 Å². The van der Waals surface area contributed by atoms with Crippen molar-refractivity contribution >= 4 is 23.4 Å². The van der Waals surface area contributed by atoms with Crippen LogP contribution in [0, 0.1) is 13.8 Å². The van der Waals surface area contributed by atoms with E-state index in [1.54, 1.807) is 12.4 Å². The van der Waals surface area contributed by atoms with Gasteiger partial charge in [0.1, 0.15) is 0 Å². The Morgan fingerprint density at radius 3 is 2.62 bits per heavy atom. The van der Waals surface area contributed by atoms with Gasteiger partial charge in [-0.2, -0.15) is 0 Å². The lowest BCUT2D eigenvalue weighted by Gasteiger charge is -2.13. The summed E-state index contributed by atoms with van der Waals surface area (Å²) in [6.07, 6.45) is 3.44. The molecule has 3 rings (SSSR count).